The van der Waals surface area contributed by atoms with Gasteiger partial charge < -0.3 is 30.3 Å². The molecule has 3 aromatic rings. The first-order chi connectivity index (χ1) is 16.5. The molecule has 34 heavy (non-hydrogen) atoms. The van der Waals surface area contributed by atoms with Gasteiger partial charge in [0.05, 0.1) is 14.2 Å². The Labute approximate surface area is 197 Å². The minimum absolute atomic E-state index is 0.0352. The van der Waals surface area contributed by atoms with Crippen LogP contribution in [0.25, 0.3) is 10.9 Å². The molecule has 1 unspecified atom stereocenters. The first-order valence-electron chi connectivity index (χ1n) is 11.1. The van der Waals surface area contributed by atoms with Gasteiger partial charge in [-0.1, -0.05) is 30.3 Å². The smallest absolute Gasteiger partial charge is 0.228 e. The molecule has 0 spiro atoms. The van der Waals surface area contributed by atoms with Crippen LogP contribution < -0.4 is 25.4 Å². The van der Waals surface area contributed by atoms with Crippen molar-refractivity contribution in [3.63, 3.8) is 0 Å². The highest BCUT2D eigenvalue weighted by molar-refractivity contribution is 5.92. The predicted octanol–water partition coefficient (Wildman–Crippen LogP) is 2.37. The summed E-state index contributed by atoms with van der Waals surface area (Å²) >= 11 is 0. The van der Waals surface area contributed by atoms with Crippen molar-refractivity contribution in [1.82, 2.24) is 20.2 Å². The number of anilines is 2. The van der Waals surface area contributed by atoms with E-state index in [1.54, 1.807) is 6.07 Å². The summed E-state index contributed by atoms with van der Waals surface area (Å²) in [4.78, 5) is 25.5. The van der Waals surface area contributed by atoms with Gasteiger partial charge in [-0.05, 0) is 18.7 Å². The van der Waals surface area contributed by atoms with Gasteiger partial charge in [-0.15, -0.1) is 0 Å². The molecule has 0 bridgehead atoms. The number of benzene rings is 2. The Kier molecular flexibility index (Phi) is 6.97. The highest BCUT2D eigenvalue weighted by Crippen LogP contribution is 2.37. The molecule has 1 atom stereocenters. The lowest BCUT2D eigenvalue weighted by atomic mass is 10.0. The Morgan fingerprint density at radius 3 is 2.47 bits per heavy atom. The summed E-state index contributed by atoms with van der Waals surface area (Å²) in [5, 5.41) is 3.58. The zero-order valence-corrected chi connectivity index (χ0v) is 19.5. The molecule has 10 heteroatoms. The van der Waals surface area contributed by atoms with Crippen LogP contribution in [0.15, 0.2) is 36.4 Å². The molecular weight excluding hydrogens is 439 g/mol. The number of nitrogens with one attached hydrogen (secondary N) is 1. The first kappa shape index (κ1) is 23.5. The van der Waals surface area contributed by atoms with Gasteiger partial charge in [0.1, 0.15) is 11.3 Å². The Morgan fingerprint density at radius 1 is 1.15 bits per heavy atom. The Hall–Kier alpha value is -3.66. The van der Waals surface area contributed by atoms with Gasteiger partial charge in [-0.25, -0.2) is 9.37 Å². The fraction of sp³-hybridized carbons (Fsp3) is 0.375. The third-order valence-corrected chi connectivity index (χ3v) is 6.14. The Morgan fingerprint density at radius 2 is 1.85 bits per heavy atom. The number of nitrogens with two attached hydrogens (primary N) is 1. The van der Waals surface area contributed by atoms with Crippen LogP contribution >= 0.6 is 0 Å². The summed E-state index contributed by atoms with van der Waals surface area (Å²) in [6.07, 6.45) is 0.368. The van der Waals surface area contributed by atoms with E-state index in [1.807, 2.05) is 47.2 Å². The zero-order valence-electron chi connectivity index (χ0n) is 19.5. The number of methoxy groups -OCH3 is 2. The molecule has 1 fully saturated rings. The van der Waals surface area contributed by atoms with Crippen LogP contribution in [0.4, 0.5) is 16.2 Å². The van der Waals surface area contributed by atoms with Crippen molar-refractivity contribution in [2.45, 2.75) is 12.5 Å². The van der Waals surface area contributed by atoms with Gasteiger partial charge in [-0.2, -0.15) is 4.98 Å². The molecule has 2 aromatic carbocycles. The standard InChI is InChI=1S/C24H29FN6O3/c1-27-17(15-7-5-4-6-8-15)14-19(32)30-9-11-31(12-10-30)24-28-21-16(23(26)29-24)13-18(33-2)22(34-3)20(21)25/h4-8,13,17,27H,9-12,14H2,1-3H3,(H2,26,28,29). The number of aromatic nitrogens is 2. The van der Waals surface area contributed by atoms with E-state index >= 15 is 4.39 Å². The summed E-state index contributed by atoms with van der Waals surface area (Å²) in [5.74, 6) is 0.0772. The normalized spacial score (nSPS) is 14.8. The molecule has 0 saturated carbocycles. The molecule has 0 radical (unpaired) electrons. The van der Waals surface area contributed by atoms with E-state index in [0.29, 0.717) is 43.9 Å². The second-order valence-electron chi connectivity index (χ2n) is 8.05. The first-order valence-corrected chi connectivity index (χ1v) is 11.1. The van der Waals surface area contributed by atoms with Crippen LogP contribution in [0.2, 0.25) is 0 Å². The molecule has 180 valence electrons. The maximum atomic E-state index is 15.1. The number of fused-ring (bicyclic) bond motifs is 1. The largest absolute Gasteiger partial charge is 0.493 e. The lowest BCUT2D eigenvalue weighted by molar-refractivity contribution is -0.132. The number of halogens is 1. The minimum Gasteiger partial charge on any atom is -0.493 e. The number of amides is 1. The fourth-order valence-electron chi connectivity index (χ4n) is 4.21. The van der Waals surface area contributed by atoms with E-state index in [0.717, 1.165) is 5.56 Å². The molecule has 1 amide bonds. The van der Waals surface area contributed by atoms with E-state index in [-0.39, 0.29) is 34.8 Å². The summed E-state index contributed by atoms with van der Waals surface area (Å²) in [7, 11) is 4.65. The number of carbonyl (C=O) groups is 1. The minimum atomic E-state index is -0.653. The van der Waals surface area contributed by atoms with Crippen molar-refractivity contribution in [3.05, 3.63) is 47.8 Å². The van der Waals surface area contributed by atoms with Crippen LogP contribution in [0.1, 0.15) is 18.0 Å². The fourth-order valence-corrected chi connectivity index (χ4v) is 4.21. The summed E-state index contributed by atoms with van der Waals surface area (Å²) in [5.41, 5.74) is 7.28. The van der Waals surface area contributed by atoms with Crippen LogP contribution in [0, 0.1) is 5.82 Å². The van der Waals surface area contributed by atoms with E-state index in [4.69, 9.17) is 15.2 Å². The number of ether oxygens (including phenoxy) is 2. The lowest BCUT2D eigenvalue weighted by Crippen LogP contribution is -2.49. The lowest BCUT2D eigenvalue weighted by Gasteiger charge is -2.35. The van der Waals surface area contributed by atoms with E-state index < -0.39 is 5.82 Å². The number of nitrogens with zero attached hydrogens (tertiary/aromatic N) is 4. The van der Waals surface area contributed by atoms with Crippen molar-refractivity contribution in [2.24, 2.45) is 0 Å². The van der Waals surface area contributed by atoms with Crippen molar-refractivity contribution >= 4 is 28.6 Å². The Bertz CT molecular complexity index is 1170. The molecule has 1 saturated heterocycles. The van der Waals surface area contributed by atoms with Gasteiger partial charge in [0.15, 0.2) is 17.3 Å². The molecule has 9 nitrogen and oxygen atoms in total. The van der Waals surface area contributed by atoms with Gasteiger partial charge in [0.2, 0.25) is 11.9 Å². The number of hydrogen-bond acceptors (Lipinski definition) is 8. The maximum Gasteiger partial charge on any atom is 0.228 e. The van der Waals surface area contributed by atoms with Crippen molar-refractivity contribution in [3.8, 4) is 11.5 Å². The number of carbonyl (C=O) groups excluding carboxylic acids is 1. The third kappa shape index (κ3) is 4.54. The van der Waals surface area contributed by atoms with Gasteiger partial charge in [0.25, 0.3) is 0 Å². The SMILES string of the molecule is CNC(CC(=O)N1CCN(c2nc(N)c3cc(OC)c(OC)c(F)c3n2)CC1)c1ccccc1. The number of nitrogen functional groups attached to an aromatic ring is 1. The molecule has 3 N–H and O–H groups in total. The molecule has 1 aliphatic rings. The zero-order chi connectivity index (χ0) is 24.2. The second-order valence-corrected chi connectivity index (χ2v) is 8.05. The molecule has 4 rings (SSSR count). The second kappa shape index (κ2) is 10.1. The van der Waals surface area contributed by atoms with Crippen LogP contribution in [-0.2, 0) is 4.79 Å². The molecule has 1 aliphatic heterocycles. The average Bonchev–Trinajstić information content (AvgIpc) is 2.87. The van der Waals surface area contributed by atoms with Crippen molar-refractivity contribution in [1.29, 1.82) is 0 Å². The summed E-state index contributed by atoms with van der Waals surface area (Å²) in [6, 6.07) is 11.4. The van der Waals surface area contributed by atoms with E-state index in [1.165, 1.54) is 14.2 Å². The molecule has 2 heterocycles. The van der Waals surface area contributed by atoms with E-state index in [9.17, 15) is 4.79 Å². The van der Waals surface area contributed by atoms with Gasteiger partial charge >= 0.3 is 0 Å². The number of hydrogen-bond donors (Lipinski definition) is 2. The van der Waals surface area contributed by atoms with Gasteiger partial charge in [-0.3, -0.25) is 4.79 Å². The Balaban J connectivity index is 1.48. The van der Waals surface area contributed by atoms with Crippen molar-refractivity contribution < 1.29 is 18.7 Å². The predicted molar refractivity (Wildman–Crippen MR) is 129 cm³/mol. The molecule has 1 aromatic heterocycles. The molecule has 0 aliphatic carbocycles. The number of rotatable bonds is 7. The summed E-state index contributed by atoms with van der Waals surface area (Å²) < 4.78 is 25.4. The van der Waals surface area contributed by atoms with Crippen LogP contribution in [0.5, 0.6) is 11.5 Å². The highest BCUT2D eigenvalue weighted by Gasteiger charge is 2.26. The summed E-state index contributed by atoms with van der Waals surface area (Å²) in [6.45, 7) is 2.06. The van der Waals surface area contributed by atoms with Crippen LogP contribution in [0.3, 0.4) is 0 Å². The van der Waals surface area contributed by atoms with Gasteiger partial charge in [0, 0.05) is 44.0 Å². The molecular formula is C24H29FN6O3. The quantitative estimate of drug-likeness (QED) is 0.545. The van der Waals surface area contributed by atoms with E-state index in [2.05, 4.69) is 15.3 Å². The average molecular weight is 469 g/mol. The maximum absolute atomic E-state index is 15.1. The number of piperazine rings is 1. The van der Waals surface area contributed by atoms with Crippen molar-refractivity contribution in [2.75, 3.05) is 58.1 Å². The third-order valence-electron chi connectivity index (χ3n) is 6.14. The monoisotopic (exact) mass is 468 g/mol. The highest BCUT2D eigenvalue weighted by atomic mass is 19.1. The topological polar surface area (TPSA) is 106 Å². The van der Waals surface area contributed by atoms with Crippen LogP contribution in [-0.4, -0.2) is 68.2 Å².